The largest absolute Gasteiger partial charge is 0.573 e. The Balaban J connectivity index is 2.05. The van der Waals surface area contributed by atoms with Crippen molar-refractivity contribution in [3.05, 3.63) is 71.1 Å². The molecule has 3 rings (SSSR count). The number of nitrogens with two attached hydrogens (primary N) is 1. The first-order valence-corrected chi connectivity index (χ1v) is 10.3. The number of anilines is 1. The molecule has 3 N–H and O–H groups in total. The predicted octanol–water partition coefficient (Wildman–Crippen LogP) is 5.36. The van der Waals surface area contributed by atoms with Gasteiger partial charge in [-0.25, -0.2) is 13.8 Å². The SMILES string of the molecule is COc1cc(OC(F)(F)F)ccc1Oc1cnc(C(F)(F)F)c(F)c1C(=O)Nc1ccc(F)c(CC(N)=O)c1. The van der Waals surface area contributed by atoms with Crippen LogP contribution < -0.4 is 25.3 Å². The fourth-order valence-electron chi connectivity index (χ4n) is 3.17. The van der Waals surface area contributed by atoms with Crippen molar-refractivity contribution < 1.29 is 58.9 Å². The zero-order valence-electron chi connectivity index (χ0n) is 19.3. The fourth-order valence-corrected chi connectivity index (χ4v) is 3.17. The molecule has 0 saturated heterocycles. The number of rotatable bonds is 8. The summed E-state index contributed by atoms with van der Waals surface area (Å²) in [5.74, 6) is -7.98. The monoisotopic (exact) mass is 565 g/mol. The Morgan fingerprint density at radius 3 is 2.26 bits per heavy atom. The molecule has 0 saturated carbocycles. The summed E-state index contributed by atoms with van der Waals surface area (Å²) in [5.41, 5.74) is 1.12. The molecule has 0 fully saturated rings. The molecule has 0 spiro atoms. The second kappa shape index (κ2) is 11.0. The van der Waals surface area contributed by atoms with E-state index in [2.05, 4.69) is 15.0 Å². The average molecular weight is 565 g/mol. The summed E-state index contributed by atoms with van der Waals surface area (Å²) in [6.45, 7) is 0. The van der Waals surface area contributed by atoms with Gasteiger partial charge >= 0.3 is 12.5 Å². The van der Waals surface area contributed by atoms with Crippen LogP contribution in [0.5, 0.6) is 23.0 Å². The maximum absolute atomic E-state index is 15.0. The van der Waals surface area contributed by atoms with Crippen LogP contribution >= 0.6 is 0 Å². The Bertz CT molecular complexity index is 1410. The number of methoxy groups -OCH3 is 1. The van der Waals surface area contributed by atoms with E-state index in [-0.39, 0.29) is 11.3 Å². The van der Waals surface area contributed by atoms with Crippen LogP contribution in [0.1, 0.15) is 21.6 Å². The molecule has 0 bridgehead atoms. The summed E-state index contributed by atoms with van der Waals surface area (Å²) in [7, 11) is 1.01. The fraction of sp³-hybridized carbons (Fsp3) is 0.174. The minimum Gasteiger partial charge on any atom is -0.493 e. The average Bonchev–Trinajstić information content (AvgIpc) is 2.80. The molecule has 16 heteroatoms. The third kappa shape index (κ3) is 7.24. The molecule has 0 unspecified atom stereocenters. The van der Waals surface area contributed by atoms with Gasteiger partial charge in [-0.2, -0.15) is 13.2 Å². The van der Waals surface area contributed by atoms with Crippen LogP contribution in [0.2, 0.25) is 0 Å². The molecule has 0 radical (unpaired) electrons. The van der Waals surface area contributed by atoms with Crippen LogP contribution in [0.25, 0.3) is 0 Å². The highest BCUT2D eigenvalue weighted by Gasteiger charge is 2.39. The van der Waals surface area contributed by atoms with Crippen molar-refractivity contribution >= 4 is 17.5 Å². The van der Waals surface area contributed by atoms with Crippen molar-refractivity contribution in [3.63, 3.8) is 0 Å². The third-order valence-corrected chi connectivity index (χ3v) is 4.74. The summed E-state index contributed by atoms with van der Waals surface area (Å²) in [4.78, 5) is 27.0. The number of benzene rings is 2. The number of primary amides is 1. The molecule has 0 aliphatic heterocycles. The minimum atomic E-state index is -5.34. The normalized spacial score (nSPS) is 11.6. The van der Waals surface area contributed by atoms with Crippen molar-refractivity contribution in [3.8, 4) is 23.0 Å². The number of aromatic nitrogens is 1. The topological polar surface area (TPSA) is 113 Å². The van der Waals surface area contributed by atoms with E-state index in [4.69, 9.17) is 15.2 Å². The van der Waals surface area contributed by atoms with E-state index in [1.807, 2.05) is 0 Å². The Labute approximate surface area is 213 Å². The van der Waals surface area contributed by atoms with E-state index < -0.39 is 76.7 Å². The maximum atomic E-state index is 15.0. The number of nitrogens with zero attached hydrogens (tertiary/aromatic N) is 1. The number of halogens is 8. The lowest BCUT2D eigenvalue weighted by atomic mass is 10.1. The molecule has 0 aliphatic carbocycles. The number of ether oxygens (including phenoxy) is 3. The molecule has 3 aromatic rings. The summed E-state index contributed by atoms with van der Waals surface area (Å²) >= 11 is 0. The molecule has 2 aromatic carbocycles. The van der Waals surface area contributed by atoms with Crippen LogP contribution in [0.3, 0.4) is 0 Å². The third-order valence-electron chi connectivity index (χ3n) is 4.74. The number of carbonyl (C=O) groups excluding carboxylic acids is 2. The molecular weight excluding hydrogens is 550 g/mol. The van der Waals surface area contributed by atoms with Crippen molar-refractivity contribution in [2.24, 2.45) is 5.73 Å². The number of nitrogens with one attached hydrogen (secondary N) is 1. The molecular formula is C23H15F8N3O5. The number of alkyl halides is 6. The maximum Gasteiger partial charge on any atom is 0.573 e. The smallest absolute Gasteiger partial charge is 0.493 e. The van der Waals surface area contributed by atoms with Crippen LogP contribution in [0.4, 0.5) is 40.8 Å². The second-order valence-corrected chi connectivity index (χ2v) is 7.52. The molecule has 1 aromatic heterocycles. The first-order chi connectivity index (χ1) is 18.1. The van der Waals surface area contributed by atoms with Gasteiger partial charge in [-0.05, 0) is 35.9 Å². The van der Waals surface area contributed by atoms with Gasteiger partial charge in [0.15, 0.2) is 28.8 Å². The van der Waals surface area contributed by atoms with Crippen molar-refractivity contribution in [1.82, 2.24) is 4.98 Å². The Morgan fingerprint density at radius 2 is 1.67 bits per heavy atom. The Morgan fingerprint density at radius 1 is 0.974 bits per heavy atom. The first kappa shape index (κ1) is 28.9. The van der Waals surface area contributed by atoms with E-state index >= 15 is 4.39 Å². The van der Waals surface area contributed by atoms with Gasteiger partial charge in [-0.1, -0.05) is 0 Å². The van der Waals surface area contributed by atoms with Crippen LogP contribution in [0.15, 0.2) is 42.6 Å². The lowest BCUT2D eigenvalue weighted by Crippen LogP contribution is -2.20. The summed E-state index contributed by atoms with van der Waals surface area (Å²) in [6, 6.07) is 5.08. The van der Waals surface area contributed by atoms with Crippen LogP contribution in [-0.2, 0) is 17.4 Å². The van der Waals surface area contributed by atoms with Crippen LogP contribution in [-0.4, -0.2) is 30.3 Å². The van der Waals surface area contributed by atoms with Gasteiger partial charge in [0, 0.05) is 11.8 Å². The zero-order chi connectivity index (χ0) is 29.1. The highest BCUT2D eigenvalue weighted by molar-refractivity contribution is 6.06. The van der Waals surface area contributed by atoms with Gasteiger partial charge in [-0.15, -0.1) is 13.2 Å². The summed E-state index contributed by atoms with van der Waals surface area (Å²) in [5, 5.41) is 2.06. The molecule has 0 atom stereocenters. The number of hydrogen-bond donors (Lipinski definition) is 2. The first-order valence-electron chi connectivity index (χ1n) is 10.3. The highest BCUT2D eigenvalue weighted by atomic mass is 19.4. The van der Waals surface area contributed by atoms with Crippen molar-refractivity contribution in [1.29, 1.82) is 0 Å². The second-order valence-electron chi connectivity index (χ2n) is 7.52. The number of carbonyl (C=O) groups is 2. The van der Waals surface area contributed by atoms with Gasteiger partial charge in [0.05, 0.1) is 19.7 Å². The van der Waals surface area contributed by atoms with E-state index in [0.717, 1.165) is 43.5 Å². The van der Waals surface area contributed by atoms with Crippen molar-refractivity contribution in [2.75, 3.05) is 12.4 Å². The minimum absolute atomic E-state index is 0.250. The zero-order valence-corrected chi connectivity index (χ0v) is 19.3. The highest BCUT2D eigenvalue weighted by Crippen LogP contribution is 2.40. The molecule has 8 nitrogen and oxygen atoms in total. The lowest BCUT2D eigenvalue weighted by molar-refractivity contribution is -0.274. The molecule has 1 heterocycles. The molecule has 2 amide bonds. The standard InChI is InChI=1S/C23H15F8N3O5/c1-37-15-8-12(39-23(29,30)31)3-5-14(15)38-16-9-33-20(22(26,27)28)19(25)18(16)21(36)34-11-2-4-13(24)10(6-11)7-17(32)35/h2-6,8-9H,7H2,1H3,(H2,32,35)(H,34,36). The van der Waals surface area contributed by atoms with Crippen molar-refractivity contribution in [2.45, 2.75) is 19.0 Å². The van der Waals surface area contributed by atoms with Gasteiger partial charge in [-0.3, -0.25) is 9.59 Å². The van der Waals surface area contributed by atoms with E-state index in [9.17, 15) is 40.3 Å². The van der Waals surface area contributed by atoms with Gasteiger partial charge in [0.2, 0.25) is 5.91 Å². The number of pyridine rings is 1. The summed E-state index contributed by atoms with van der Waals surface area (Å²) < 4.78 is 120. The lowest BCUT2D eigenvalue weighted by Gasteiger charge is -2.17. The molecule has 39 heavy (non-hydrogen) atoms. The van der Waals surface area contributed by atoms with Gasteiger partial charge in [0.25, 0.3) is 5.91 Å². The van der Waals surface area contributed by atoms with E-state index in [1.54, 1.807) is 0 Å². The summed E-state index contributed by atoms with van der Waals surface area (Å²) in [6.07, 6.45) is -10.6. The number of hydrogen-bond acceptors (Lipinski definition) is 6. The van der Waals surface area contributed by atoms with Gasteiger partial charge in [0.1, 0.15) is 17.1 Å². The predicted molar refractivity (Wildman–Crippen MR) is 116 cm³/mol. The van der Waals surface area contributed by atoms with E-state index in [1.165, 1.54) is 0 Å². The molecule has 0 aliphatic rings. The van der Waals surface area contributed by atoms with Crippen LogP contribution in [0, 0.1) is 11.6 Å². The Hall–Kier alpha value is -4.63. The van der Waals surface area contributed by atoms with E-state index in [0.29, 0.717) is 6.20 Å². The van der Waals surface area contributed by atoms with Gasteiger partial charge < -0.3 is 25.3 Å². The molecule has 208 valence electrons. The number of amides is 2. The Kier molecular flexibility index (Phi) is 8.16. The quantitative estimate of drug-likeness (QED) is 0.356.